The van der Waals surface area contributed by atoms with Crippen molar-refractivity contribution in [2.24, 2.45) is 5.92 Å². The lowest BCUT2D eigenvalue weighted by Crippen LogP contribution is -2.48. The number of ether oxygens (including phenoxy) is 4. The van der Waals surface area contributed by atoms with Gasteiger partial charge in [0.15, 0.2) is 11.5 Å². The van der Waals surface area contributed by atoms with Crippen LogP contribution in [0.25, 0.3) is 10.8 Å². The van der Waals surface area contributed by atoms with Crippen LogP contribution in [0.4, 0.5) is 4.79 Å². The van der Waals surface area contributed by atoms with Crippen molar-refractivity contribution in [1.29, 1.82) is 0 Å². The number of nitrogens with one attached hydrogen (secondary N) is 1. The Morgan fingerprint density at radius 2 is 1.66 bits per heavy atom. The van der Waals surface area contributed by atoms with Crippen molar-refractivity contribution < 1.29 is 33.3 Å². The number of fused-ring (bicyclic) bond motifs is 3. The molecular weight excluding hydrogens is 450 g/mol. The largest absolute Gasteiger partial charge is 0.487 e. The number of rotatable bonds is 5. The number of carbonyl (C=O) groups is 3. The standard InChI is InChI=1S/C27H35NO7/c1-15(2)20(28-25(31)35-26(4,5)6)24(30)33-23-19-13-14-27(7,8)34-21(19)17-11-9-10-12-18(17)22(23)32-16(3)29/h9-12,15,20H,13-14H2,1-8H3,(H,28,31). The maximum absolute atomic E-state index is 13.4. The number of amides is 1. The third-order valence-corrected chi connectivity index (χ3v) is 5.57. The highest BCUT2D eigenvalue weighted by atomic mass is 16.6. The summed E-state index contributed by atoms with van der Waals surface area (Å²) in [6, 6.07) is 6.36. The van der Waals surface area contributed by atoms with Crippen LogP contribution in [0.5, 0.6) is 17.2 Å². The number of esters is 2. The van der Waals surface area contributed by atoms with Crippen molar-refractivity contribution >= 4 is 28.8 Å². The van der Waals surface area contributed by atoms with Gasteiger partial charge >= 0.3 is 18.0 Å². The van der Waals surface area contributed by atoms with E-state index in [-0.39, 0.29) is 17.4 Å². The molecule has 35 heavy (non-hydrogen) atoms. The van der Waals surface area contributed by atoms with Crippen LogP contribution >= 0.6 is 0 Å². The molecule has 0 bridgehead atoms. The van der Waals surface area contributed by atoms with E-state index >= 15 is 0 Å². The number of carbonyl (C=O) groups excluding carboxylic acids is 3. The molecule has 1 amide bonds. The van der Waals surface area contributed by atoms with Gasteiger partial charge in [0.05, 0.1) is 0 Å². The van der Waals surface area contributed by atoms with E-state index in [9.17, 15) is 14.4 Å². The van der Waals surface area contributed by atoms with Crippen molar-refractivity contribution in [1.82, 2.24) is 5.32 Å². The molecule has 0 fully saturated rings. The maximum atomic E-state index is 13.4. The molecule has 0 saturated heterocycles. The second kappa shape index (κ2) is 9.76. The van der Waals surface area contributed by atoms with Gasteiger partial charge in [0.2, 0.25) is 0 Å². The first kappa shape index (κ1) is 26.3. The van der Waals surface area contributed by atoms with E-state index in [2.05, 4.69) is 5.32 Å². The molecule has 1 unspecified atom stereocenters. The first-order valence-electron chi connectivity index (χ1n) is 11.8. The van der Waals surface area contributed by atoms with Gasteiger partial charge in [-0.05, 0) is 53.4 Å². The zero-order valence-electron chi connectivity index (χ0n) is 21.7. The number of alkyl carbamates (subject to hydrolysis) is 1. The lowest BCUT2D eigenvalue weighted by molar-refractivity contribution is -0.139. The van der Waals surface area contributed by atoms with Crippen molar-refractivity contribution in [2.45, 2.75) is 85.5 Å². The molecule has 1 aliphatic heterocycles. The quantitative estimate of drug-likeness (QED) is 0.452. The van der Waals surface area contributed by atoms with E-state index in [1.165, 1.54) is 6.92 Å². The average Bonchev–Trinajstić information content (AvgIpc) is 2.72. The summed E-state index contributed by atoms with van der Waals surface area (Å²) >= 11 is 0. The molecular formula is C27H35NO7. The van der Waals surface area contributed by atoms with Gasteiger partial charge in [0, 0.05) is 23.3 Å². The summed E-state index contributed by atoms with van der Waals surface area (Å²) in [6.45, 7) is 14.1. The van der Waals surface area contributed by atoms with E-state index in [4.69, 9.17) is 18.9 Å². The molecule has 1 aliphatic rings. The van der Waals surface area contributed by atoms with Gasteiger partial charge in [-0.3, -0.25) is 4.79 Å². The molecule has 0 aliphatic carbocycles. The van der Waals surface area contributed by atoms with Crippen LogP contribution in [0, 0.1) is 5.92 Å². The Hall–Kier alpha value is -3.29. The van der Waals surface area contributed by atoms with Crippen molar-refractivity contribution in [3.05, 3.63) is 29.8 Å². The van der Waals surface area contributed by atoms with Crippen LogP contribution in [-0.2, 0) is 20.7 Å². The monoisotopic (exact) mass is 485 g/mol. The van der Waals surface area contributed by atoms with Crippen LogP contribution in [0.2, 0.25) is 0 Å². The van der Waals surface area contributed by atoms with Crippen LogP contribution < -0.4 is 19.5 Å². The fourth-order valence-corrected chi connectivity index (χ4v) is 3.95. The van der Waals surface area contributed by atoms with Crippen LogP contribution in [0.1, 0.15) is 67.4 Å². The van der Waals surface area contributed by atoms with Gasteiger partial charge in [-0.15, -0.1) is 0 Å². The zero-order valence-corrected chi connectivity index (χ0v) is 21.7. The number of benzene rings is 2. The van der Waals surface area contributed by atoms with Gasteiger partial charge in [0.25, 0.3) is 0 Å². The van der Waals surface area contributed by atoms with E-state index in [1.807, 2.05) is 32.0 Å². The van der Waals surface area contributed by atoms with Crippen molar-refractivity contribution in [3.8, 4) is 17.2 Å². The lowest BCUT2D eigenvalue weighted by atomic mass is 9.91. The number of hydrogen-bond donors (Lipinski definition) is 1. The summed E-state index contributed by atoms with van der Waals surface area (Å²) in [5, 5.41) is 3.96. The predicted octanol–water partition coefficient (Wildman–Crippen LogP) is 5.32. The molecule has 0 spiro atoms. The molecule has 0 saturated carbocycles. The predicted molar refractivity (Wildman–Crippen MR) is 132 cm³/mol. The van der Waals surface area contributed by atoms with E-state index in [1.54, 1.807) is 40.7 Å². The van der Waals surface area contributed by atoms with Crippen LogP contribution in [0.3, 0.4) is 0 Å². The molecule has 2 aromatic rings. The molecule has 3 rings (SSSR count). The van der Waals surface area contributed by atoms with Gasteiger partial charge in [0.1, 0.15) is 23.0 Å². The summed E-state index contributed by atoms with van der Waals surface area (Å²) in [4.78, 5) is 37.8. The third kappa shape index (κ3) is 6.24. The Morgan fingerprint density at radius 3 is 2.23 bits per heavy atom. The Kier molecular flexibility index (Phi) is 7.34. The molecule has 0 aromatic heterocycles. The molecule has 1 heterocycles. The van der Waals surface area contributed by atoms with E-state index < -0.39 is 35.3 Å². The summed E-state index contributed by atoms with van der Waals surface area (Å²) in [7, 11) is 0. The van der Waals surface area contributed by atoms with E-state index in [0.717, 1.165) is 5.39 Å². The Balaban J connectivity index is 2.09. The second-order valence-electron chi connectivity index (χ2n) is 10.8. The normalized spacial score (nSPS) is 15.6. The van der Waals surface area contributed by atoms with Gasteiger partial charge in [-0.25, -0.2) is 9.59 Å². The molecule has 2 aromatic carbocycles. The molecule has 8 nitrogen and oxygen atoms in total. The van der Waals surface area contributed by atoms with Crippen molar-refractivity contribution in [3.63, 3.8) is 0 Å². The summed E-state index contributed by atoms with van der Waals surface area (Å²) in [6.07, 6.45) is 0.501. The van der Waals surface area contributed by atoms with Crippen LogP contribution in [-0.4, -0.2) is 35.3 Å². The highest BCUT2D eigenvalue weighted by molar-refractivity contribution is 6.00. The summed E-state index contributed by atoms with van der Waals surface area (Å²) in [5.41, 5.74) is -0.495. The molecule has 1 atom stereocenters. The minimum Gasteiger partial charge on any atom is -0.487 e. The van der Waals surface area contributed by atoms with Gasteiger partial charge in [-0.2, -0.15) is 0 Å². The summed E-state index contributed by atoms with van der Waals surface area (Å²) in [5.74, 6) is -0.650. The Labute approximate surface area is 206 Å². The minimum atomic E-state index is -0.988. The summed E-state index contributed by atoms with van der Waals surface area (Å²) < 4.78 is 23.1. The molecule has 190 valence electrons. The fraction of sp³-hybridized carbons (Fsp3) is 0.519. The number of hydrogen-bond acceptors (Lipinski definition) is 7. The highest BCUT2D eigenvalue weighted by Crippen LogP contribution is 2.50. The highest BCUT2D eigenvalue weighted by Gasteiger charge is 2.36. The SMILES string of the molecule is CC(=O)Oc1c(OC(=O)C(NC(=O)OC(C)(C)C)C(C)C)c2c(c3ccccc13)OC(C)(C)CC2. The zero-order chi connectivity index (χ0) is 26.1. The maximum Gasteiger partial charge on any atom is 0.408 e. The van der Waals surface area contributed by atoms with Gasteiger partial charge < -0.3 is 24.3 Å². The minimum absolute atomic E-state index is 0.131. The third-order valence-electron chi connectivity index (χ3n) is 5.57. The van der Waals surface area contributed by atoms with Crippen molar-refractivity contribution in [2.75, 3.05) is 0 Å². The fourth-order valence-electron chi connectivity index (χ4n) is 3.95. The Morgan fingerprint density at radius 1 is 1.03 bits per heavy atom. The topological polar surface area (TPSA) is 100 Å². The van der Waals surface area contributed by atoms with E-state index in [0.29, 0.717) is 29.5 Å². The Bertz CT molecular complexity index is 1140. The average molecular weight is 486 g/mol. The smallest absolute Gasteiger partial charge is 0.408 e. The lowest BCUT2D eigenvalue weighted by Gasteiger charge is -2.35. The van der Waals surface area contributed by atoms with Gasteiger partial charge in [-0.1, -0.05) is 38.1 Å². The molecule has 1 N–H and O–H groups in total. The molecule has 0 radical (unpaired) electrons. The molecule has 8 heteroatoms. The first-order chi connectivity index (χ1) is 16.2. The first-order valence-corrected chi connectivity index (χ1v) is 11.8. The van der Waals surface area contributed by atoms with Crippen LogP contribution in [0.15, 0.2) is 24.3 Å². The second-order valence-corrected chi connectivity index (χ2v) is 10.8.